The number of nitrogens with zero attached hydrogens (tertiary/aromatic N) is 1. The van der Waals surface area contributed by atoms with E-state index in [1.54, 1.807) is 11.8 Å². The molecule has 0 saturated carbocycles. The highest BCUT2D eigenvalue weighted by Crippen LogP contribution is 2.17. The fraction of sp³-hybridized carbons (Fsp3) is 0.385. The minimum atomic E-state index is 0.0730. The molecule has 0 fully saturated rings. The Bertz CT molecular complexity index is 438. The number of benzene rings is 1. The zero-order valence-electron chi connectivity index (χ0n) is 10.1. The van der Waals surface area contributed by atoms with Crippen molar-refractivity contribution in [2.24, 2.45) is 0 Å². The third kappa shape index (κ3) is 4.49. The largest absolute Gasteiger partial charge is 0.356 e. The maximum atomic E-state index is 11.2. The summed E-state index contributed by atoms with van der Waals surface area (Å²) in [5.41, 5.74) is 2.96. The van der Waals surface area contributed by atoms with Crippen molar-refractivity contribution in [1.82, 2.24) is 5.32 Å². The summed E-state index contributed by atoms with van der Waals surface area (Å²) in [5.74, 6) is 1.35. The highest BCUT2D eigenvalue weighted by Gasteiger charge is 2.03. The standard InChI is InChI=1S/C13H16N2OS/c1-3-15-13(16)9-17-8-12-5-4-11(7-14)6-10(12)2/h4-6H,3,8-9H2,1-2H3,(H,15,16). The Balaban J connectivity index is 2.47. The molecule has 1 N–H and O–H groups in total. The minimum absolute atomic E-state index is 0.0730. The zero-order chi connectivity index (χ0) is 12.7. The van der Waals surface area contributed by atoms with Gasteiger partial charge in [-0.1, -0.05) is 6.07 Å². The van der Waals surface area contributed by atoms with Crippen LogP contribution in [-0.4, -0.2) is 18.2 Å². The van der Waals surface area contributed by atoms with Gasteiger partial charge in [-0.15, -0.1) is 11.8 Å². The predicted octanol–water partition coefficient (Wildman–Crippen LogP) is 2.24. The van der Waals surface area contributed by atoms with Gasteiger partial charge in [0.05, 0.1) is 17.4 Å². The summed E-state index contributed by atoms with van der Waals surface area (Å²) in [4.78, 5) is 11.2. The first-order valence-corrected chi connectivity index (χ1v) is 6.67. The Morgan fingerprint density at radius 2 is 2.29 bits per heavy atom. The molecule has 0 radical (unpaired) electrons. The van der Waals surface area contributed by atoms with E-state index in [-0.39, 0.29) is 5.91 Å². The number of amides is 1. The fourth-order valence-corrected chi connectivity index (χ4v) is 2.36. The van der Waals surface area contributed by atoms with Gasteiger partial charge in [-0.3, -0.25) is 4.79 Å². The van der Waals surface area contributed by atoms with Crippen LogP contribution in [0.1, 0.15) is 23.6 Å². The number of thioether (sulfide) groups is 1. The summed E-state index contributed by atoms with van der Waals surface area (Å²) < 4.78 is 0. The van der Waals surface area contributed by atoms with Crippen LogP contribution in [0.4, 0.5) is 0 Å². The van der Waals surface area contributed by atoms with Crippen LogP contribution in [0.5, 0.6) is 0 Å². The van der Waals surface area contributed by atoms with Gasteiger partial charge in [-0.2, -0.15) is 5.26 Å². The fourth-order valence-electron chi connectivity index (χ4n) is 1.43. The van der Waals surface area contributed by atoms with Gasteiger partial charge in [-0.05, 0) is 37.1 Å². The highest BCUT2D eigenvalue weighted by atomic mass is 32.2. The molecule has 0 aliphatic carbocycles. The lowest BCUT2D eigenvalue weighted by Gasteiger charge is -2.06. The molecule has 0 saturated heterocycles. The molecule has 0 unspecified atom stereocenters. The Labute approximate surface area is 106 Å². The van der Waals surface area contributed by atoms with Crippen LogP contribution in [0.3, 0.4) is 0 Å². The number of carbonyl (C=O) groups is 1. The normalized spacial score (nSPS) is 9.71. The third-order valence-electron chi connectivity index (χ3n) is 2.34. The highest BCUT2D eigenvalue weighted by molar-refractivity contribution is 7.99. The van der Waals surface area contributed by atoms with Gasteiger partial charge in [0, 0.05) is 12.3 Å². The lowest BCUT2D eigenvalue weighted by Crippen LogP contribution is -2.24. The van der Waals surface area contributed by atoms with Gasteiger partial charge in [-0.25, -0.2) is 0 Å². The van der Waals surface area contributed by atoms with Crippen molar-refractivity contribution in [3.05, 3.63) is 34.9 Å². The second kappa shape index (κ2) is 6.97. The van der Waals surface area contributed by atoms with Gasteiger partial charge < -0.3 is 5.32 Å². The van der Waals surface area contributed by atoms with E-state index in [1.807, 2.05) is 32.0 Å². The second-order valence-electron chi connectivity index (χ2n) is 3.70. The topological polar surface area (TPSA) is 52.9 Å². The minimum Gasteiger partial charge on any atom is -0.356 e. The van der Waals surface area contributed by atoms with Crippen molar-refractivity contribution in [3.63, 3.8) is 0 Å². The summed E-state index contributed by atoms with van der Waals surface area (Å²) in [6, 6.07) is 7.76. The molecule has 0 aliphatic rings. The summed E-state index contributed by atoms with van der Waals surface area (Å²) in [5, 5.41) is 11.5. The molecule has 1 aromatic rings. The smallest absolute Gasteiger partial charge is 0.229 e. The van der Waals surface area contributed by atoms with Crippen molar-refractivity contribution in [2.75, 3.05) is 12.3 Å². The average molecular weight is 248 g/mol. The number of nitrogens with one attached hydrogen (secondary N) is 1. The van der Waals surface area contributed by atoms with E-state index in [0.717, 1.165) is 11.3 Å². The van der Waals surface area contributed by atoms with Crippen LogP contribution in [0.25, 0.3) is 0 Å². The molecule has 17 heavy (non-hydrogen) atoms. The monoisotopic (exact) mass is 248 g/mol. The summed E-state index contributed by atoms with van der Waals surface area (Å²) in [6.45, 7) is 4.57. The number of nitriles is 1. The molecule has 0 heterocycles. The van der Waals surface area contributed by atoms with Crippen molar-refractivity contribution in [1.29, 1.82) is 5.26 Å². The van der Waals surface area contributed by atoms with E-state index in [2.05, 4.69) is 11.4 Å². The quantitative estimate of drug-likeness (QED) is 0.869. The van der Waals surface area contributed by atoms with Crippen LogP contribution in [0.2, 0.25) is 0 Å². The molecule has 1 rings (SSSR count). The van der Waals surface area contributed by atoms with E-state index >= 15 is 0 Å². The molecule has 0 aromatic heterocycles. The molecule has 90 valence electrons. The van der Waals surface area contributed by atoms with Crippen molar-refractivity contribution in [2.45, 2.75) is 19.6 Å². The Morgan fingerprint density at radius 1 is 1.53 bits per heavy atom. The van der Waals surface area contributed by atoms with Crippen molar-refractivity contribution in [3.8, 4) is 6.07 Å². The Hall–Kier alpha value is -1.47. The van der Waals surface area contributed by atoms with Crippen molar-refractivity contribution >= 4 is 17.7 Å². The molecule has 1 amide bonds. The van der Waals surface area contributed by atoms with Gasteiger partial charge in [0.25, 0.3) is 0 Å². The number of carbonyl (C=O) groups excluding carboxylic acids is 1. The summed E-state index contributed by atoms with van der Waals surface area (Å²) in [7, 11) is 0. The van der Waals surface area contributed by atoms with Gasteiger partial charge in [0.1, 0.15) is 0 Å². The van der Waals surface area contributed by atoms with Gasteiger partial charge >= 0.3 is 0 Å². The first-order chi connectivity index (χ1) is 8.17. The summed E-state index contributed by atoms with van der Waals surface area (Å²) >= 11 is 1.59. The number of hydrogen-bond acceptors (Lipinski definition) is 3. The van der Waals surface area contributed by atoms with Crippen LogP contribution >= 0.6 is 11.8 Å². The first-order valence-electron chi connectivity index (χ1n) is 5.51. The van der Waals surface area contributed by atoms with E-state index in [0.29, 0.717) is 17.9 Å². The maximum absolute atomic E-state index is 11.2. The first kappa shape index (κ1) is 13.6. The lowest BCUT2D eigenvalue weighted by atomic mass is 10.1. The molecule has 1 aromatic carbocycles. The van der Waals surface area contributed by atoms with Crippen LogP contribution in [0, 0.1) is 18.3 Å². The number of rotatable bonds is 5. The molecule has 0 aliphatic heterocycles. The lowest BCUT2D eigenvalue weighted by molar-refractivity contribution is -0.118. The van der Waals surface area contributed by atoms with E-state index in [1.165, 1.54) is 5.56 Å². The summed E-state index contributed by atoms with van der Waals surface area (Å²) in [6.07, 6.45) is 0. The van der Waals surface area contributed by atoms with Crippen LogP contribution in [0.15, 0.2) is 18.2 Å². The zero-order valence-corrected chi connectivity index (χ0v) is 10.9. The van der Waals surface area contributed by atoms with E-state index in [9.17, 15) is 4.79 Å². The van der Waals surface area contributed by atoms with E-state index < -0.39 is 0 Å². The van der Waals surface area contributed by atoms with E-state index in [4.69, 9.17) is 5.26 Å². The molecule has 0 bridgehead atoms. The SMILES string of the molecule is CCNC(=O)CSCc1ccc(C#N)cc1C. The predicted molar refractivity (Wildman–Crippen MR) is 70.7 cm³/mol. The number of hydrogen-bond donors (Lipinski definition) is 1. The molecule has 4 heteroatoms. The number of aryl methyl sites for hydroxylation is 1. The van der Waals surface area contributed by atoms with Gasteiger partial charge in [0.15, 0.2) is 0 Å². The Morgan fingerprint density at radius 3 is 2.88 bits per heavy atom. The molecular formula is C13H16N2OS. The van der Waals surface area contributed by atoms with Crippen LogP contribution in [-0.2, 0) is 10.5 Å². The molecule has 0 spiro atoms. The maximum Gasteiger partial charge on any atom is 0.229 e. The average Bonchev–Trinajstić information content (AvgIpc) is 2.31. The van der Waals surface area contributed by atoms with Crippen molar-refractivity contribution < 1.29 is 4.79 Å². The molecule has 0 atom stereocenters. The molecular weight excluding hydrogens is 232 g/mol. The van der Waals surface area contributed by atoms with Crippen LogP contribution < -0.4 is 5.32 Å². The Kier molecular flexibility index (Phi) is 5.58. The molecule has 3 nitrogen and oxygen atoms in total. The van der Waals surface area contributed by atoms with Gasteiger partial charge in [0.2, 0.25) is 5.91 Å². The second-order valence-corrected chi connectivity index (χ2v) is 4.68. The third-order valence-corrected chi connectivity index (χ3v) is 3.32.